The Balaban J connectivity index is 1.74. The van der Waals surface area contributed by atoms with Crippen LogP contribution in [-0.4, -0.2) is 18.4 Å². The van der Waals surface area contributed by atoms with E-state index < -0.39 is 5.41 Å². The molecule has 4 nitrogen and oxygen atoms in total. The van der Waals surface area contributed by atoms with E-state index in [9.17, 15) is 9.59 Å². The van der Waals surface area contributed by atoms with Crippen molar-refractivity contribution in [3.05, 3.63) is 65.7 Å². The van der Waals surface area contributed by atoms with Crippen LogP contribution in [0.4, 0.5) is 5.69 Å². The van der Waals surface area contributed by atoms with Gasteiger partial charge in [0.1, 0.15) is 0 Å². The lowest BCUT2D eigenvalue weighted by atomic mass is 9.64. The lowest BCUT2D eigenvalue weighted by molar-refractivity contribution is -0.129. The molecule has 0 aliphatic heterocycles. The molecule has 2 amide bonds. The molecule has 2 aromatic rings. The van der Waals surface area contributed by atoms with Crippen molar-refractivity contribution in [2.24, 2.45) is 0 Å². The first-order valence-corrected chi connectivity index (χ1v) is 8.41. The van der Waals surface area contributed by atoms with E-state index in [1.54, 1.807) is 12.1 Å². The third-order valence-electron chi connectivity index (χ3n) is 4.71. The Morgan fingerprint density at radius 2 is 1.67 bits per heavy atom. The summed E-state index contributed by atoms with van der Waals surface area (Å²) in [7, 11) is 0. The first-order valence-electron chi connectivity index (χ1n) is 8.41. The van der Waals surface area contributed by atoms with Crippen LogP contribution in [0.25, 0.3) is 0 Å². The highest BCUT2D eigenvalue weighted by molar-refractivity contribution is 6.04. The number of hydrogen-bond donors (Lipinski definition) is 2. The highest BCUT2D eigenvalue weighted by Gasteiger charge is 2.45. The molecule has 0 saturated heterocycles. The van der Waals surface area contributed by atoms with Crippen LogP contribution in [0.1, 0.15) is 42.1 Å². The molecule has 4 heteroatoms. The summed E-state index contributed by atoms with van der Waals surface area (Å²) >= 11 is 0. The molecular weight excluding hydrogens is 300 g/mol. The molecule has 0 bridgehead atoms. The highest BCUT2D eigenvalue weighted by atomic mass is 16.2. The molecule has 0 heterocycles. The van der Waals surface area contributed by atoms with Gasteiger partial charge in [-0.25, -0.2) is 0 Å². The SMILES string of the molecule is CCNC(=O)C1(c2ccc(NC(=O)c3ccccc3)cc2)CCC1. The largest absolute Gasteiger partial charge is 0.356 e. The van der Waals surface area contributed by atoms with Crippen LogP contribution in [-0.2, 0) is 10.2 Å². The van der Waals surface area contributed by atoms with Crippen LogP contribution >= 0.6 is 0 Å². The van der Waals surface area contributed by atoms with Crippen molar-refractivity contribution in [2.75, 3.05) is 11.9 Å². The van der Waals surface area contributed by atoms with Crippen molar-refractivity contribution < 1.29 is 9.59 Å². The first-order chi connectivity index (χ1) is 11.7. The van der Waals surface area contributed by atoms with Gasteiger partial charge in [-0.1, -0.05) is 36.8 Å². The van der Waals surface area contributed by atoms with Crippen molar-refractivity contribution in [1.82, 2.24) is 5.32 Å². The Morgan fingerprint density at radius 3 is 2.21 bits per heavy atom. The van der Waals surface area contributed by atoms with Crippen LogP contribution in [0.3, 0.4) is 0 Å². The molecular formula is C20H22N2O2. The summed E-state index contributed by atoms with van der Waals surface area (Å²) in [5, 5.41) is 5.83. The maximum Gasteiger partial charge on any atom is 0.255 e. The fourth-order valence-corrected chi connectivity index (χ4v) is 3.17. The lowest BCUT2D eigenvalue weighted by Crippen LogP contribution is -2.49. The summed E-state index contributed by atoms with van der Waals surface area (Å²) in [5.41, 5.74) is 1.99. The van der Waals surface area contributed by atoms with Crippen molar-refractivity contribution >= 4 is 17.5 Å². The molecule has 24 heavy (non-hydrogen) atoms. The fraction of sp³-hybridized carbons (Fsp3) is 0.300. The average Bonchev–Trinajstić information content (AvgIpc) is 2.56. The van der Waals surface area contributed by atoms with Crippen molar-refractivity contribution in [3.8, 4) is 0 Å². The van der Waals surface area contributed by atoms with Gasteiger partial charge in [-0.2, -0.15) is 0 Å². The quantitative estimate of drug-likeness (QED) is 0.885. The zero-order valence-corrected chi connectivity index (χ0v) is 13.8. The third-order valence-corrected chi connectivity index (χ3v) is 4.71. The van der Waals surface area contributed by atoms with Gasteiger partial charge in [0.25, 0.3) is 5.91 Å². The van der Waals surface area contributed by atoms with E-state index in [-0.39, 0.29) is 11.8 Å². The number of likely N-dealkylation sites (N-methyl/N-ethyl adjacent to an activating group) is 1. The molecule has 124 valence electrons. The average molecular weight is 322 g/mol. The molecule has 1 saturated carbocycles. The van der Waals surface area contributed by atoms with Gasteiger partial charge in [0.2, 0.25) is 5.91 Å². The van der Waals surface area contributed by atoms with Gasteiger partial charge < -0.3 is 10.6 Å². The molecule has 2 aromatic carbocycles. The van der Waals surface area contributed by atoms with E-state index in [0.29, 0.717) is 12.1 Å². The lowest BCUT2D eigenvalue weighted by Gasteiger charge is -2.40. The predicted molar refractivity (Wildman–Crippen MR) is 95.0 cm³/mol. The smallest absolute Gasteiger partial charge is 0.255 e. The van der Waals surface area contributed by atoms with Gasteiger partial charge in [0.05, 0.1) is 5.41 Å². The Hall–Kier alpha value is -2.62. The Bertz CT molecular complexity index is 719. The van der Waals surface area contributed by atoms with Crippen LogP contribution in [0.15, 0.2) is 54.6 Å². The molecule has 0 spiro atoms. The second kappa shape index (κ2) is 6.87. The summed E-state index contributed by atoms with van der Waals surface area (Å²) in [5.74, 6) is -0.0252. The summed E-state index contributed by atoms with van der Waals surface area (Å²) in [6, 6.07) is 16.8. The second-order valence-corrected chi connectivity index (χ2v) is 6.19. The number of carbonyl (C=O) groups excluding carboxylic acids is 2. The van der Waals surface area contributed by atoms with Gasteiger partial charge in [0, 0.05) is 17.8 Å². The Kier molecular flexibility index (Phi) is 4.65. The zero-order chi connectivity index (χ0) is 17.0. The van der Waals surface area contributed by atoms with Gasteiger partial charge >= 0.3 is 0 Å². The van der Waals surface area contributed by atoms with E-state index >= 15 is 0 Å². The normalized spacial score (nSPS) is 15.2. The van der Waals surface area contributed by atoms with Crippen molar-refractivity contribution in [3.63, 3.8) is 0 Å². The van der Waals surface area contributed by atoms with Crippen LogP contribution in [0.2, 0.25) is 0 Å². The van der Waals surface area contributed by atoms with Crippen molar-refractivity contribution in [1.29, 1.82) is 0 Å². The number of amides is 2. The number of rotatable bonds is 5. The van der Waals surface area contributed by atoms with E-state index in [1.165, 1.54) is 0 Å². The molecule has 0 atom stereocenters. The molecule has 1 fully saturated rings. The molecule has 0 unspecified atom stereocenters. The fourth-order valence-electron chi connectivity index (χ4n) is 3.17. The van der Waals surface area contributed by atoms with E-state index in [1.807, 2.05) is 49.4 Å². The minimum Gasteiger partial charge on any atom is -0.356 e. The maximum atomic E-state index is 12.4. The number of nitrogens with one attached hydrogen (secondary N) is 2. The Morgan fingerprint density at radius 1 is 1.00 bits per heavy atom. The molecule has 1 aliphatic carbocycles. The molecule has 1 aliphatic rings. The highest BCUT2D eigenvalue weighted by Crippen LogP contribution is 2.44. The second-order valence-electron chi connectivity index (χ2n) is 6.19. The first kappa shape index (κ1) is 16.2. The minimum atomic E-state index is -0.391. The summed E-state index contributed by atoms with van der Waals surface area (Å²) in [4.78, 5) is 24.6. The van der Waals surface area contributed by atoms with Gasteiger partial charge in [-0.05, 0) is 49.6 Å². The molecule has 0 aromatic heterocycles. The number of benzene rings is 2. The number of carbonyl (C=O) groups is 2. The molecule has 0 radical (unpaired) electrons. The van der Waals surface area contributed by atoms with E-state index in [2.05, 4.69) is 10.6 Å². The predicted octanol–water partition coefficient (Wildman–Crippen LogP) is 3.50. The van der Waals surface area contributed by atoms with Crippen molar-refractivity contribution in [2.45, 2.75) is 31.6 Å². The molecule has 3 rings (SSSR count). The monoisotopic (exact) mass is 322 g/mol. The topological polar surface area (TPSA) is 58.2 Å². The Labute approximate surface area is 142 Å². The van der Waals surface area contributed by atoms with E-state index in [4.69, 9.17) is 0 Å². The summed E-state index contributed by atoms with van der Waals surface area (Å²) in [6.45, 7) is 2.58. The number of anilines is 1. The van der Waals surface area contributed by atoms with Gasteiger partial charge in [0.15, 0.2) is 0 Å². The summed E-state index contributed by atoms with van der Waals surface area (Å²) < 4.78 is 0. The third kappa shape index (κ3) is 3.04. The molecule has 2 N–H and O–H groups in total. The number of hydrogen-bond acceptors (Lipinski definition) is 2. The van der Waals surface area contributed by atoms with Crippen LogP contribution in [0.5, 0.6) is 0 Å². The van der Waals surface area contributed by atoms with Crippen LogP contribution in [0, 0.1) is 0 Å². The van der Waals surface area contributed by atoms with Gasteiger partial charge in [-0.15, -0.1) is 0 Å². The summed E-state index contributed by atoms with van der Waals surface area (Å²) in [6.07, 6.45) is 2.84. The minimum absolute atomic E-state index is 0.109. The van der Waals surface area contributed by atoms with Crippen LogP contribution < -0.4 is 10.6 Å². The van der Waals surface area contributed by atoms with Gasteiger partial charge in [-0.3, -0.25) is 9.59 Å². The maximum absolute atomic E-state index is 12.4. The standard InChI is InChI=1S/C20H22N2O2/c1-2-21-19(24)20(13-6-14-20)16-9-11-17(12-10-16)22-18(23)15-7-4-3-5-8-15/h3-5,7-12H,2,6,13-14H2,1H3,(H,21,24)(H,22,23). The van der Waals surface area contributed by atoms with E-state index in [0.717, 1.165) is 30.5 Å². The zero-order valence-electron chi connectivity index (χ0n) is 13.8.